The van der Waals surface area contributed by atoms with Crippen molar-refractivity contribution in [3.05, 3.63) is 54.6 Å². The van der Waals surface area contributed by atoms with Crippen molar-refractivity contribution in [2.75, 3.05) is 55.7 Å². The first-order valence-corrected chi connectivity index (χ1v) is 17.9. The number of benzene rings is 3. The summed E-state index contributed by atoms with van der Waals surface area (Å²) in [5.74, 6) is 0. The van der Waals surface area contributed by atoms with Crippen LogP contribution in [0.25, 0.3) is 33.1 Å². The van der Waals surface area contributed by atoms with Gasteiger partial charge in [-0.25, -0.2) is 17.6 Å². The van der Waals surface area contributed by atoms with Gasteiger partial charge in [0, 0.05) is 68.4 Å². The molecule has 0 spiro atoms. The highest BCUT2D eigenvalue weighted by Gasteiger charge is 2.28. The van der Waals surface area contributed by atoms with E-state index >= 15 is 0 Å². The fraction of sp³-hybridized carbons (Fsp3) is 0.406. The van der Waals surface area contributed by atoms with E-state index in [-0.39, 0.29) is 17.0 Å². The minimum atomic E-state index is -4.85. The second-order valence-corrected chi connectivity index (χ2v) is 13.4. The van der Waals surface area contributed by atoms with Crippen molar-refractivity contribution in [1.29, 1.82) is 0 Å². The number of ether oxygens (including phenoxy) is 1. The molecule has 0 fully saturated rings. The molecule has 1 heterocycles. The molecule has 0 aliphatic carbocycles. The Balaban J connectivity index is 1.98. The molecular weight excluding hydrogens is 603 g/mol. The van der Waals surface area contributed by atoms with Crippen LogP contribution in [-0.2, 0) is 24.9 Å². The third kappa shape index (κ3) is 7.16. The summed E-state index contributed by atoms with van der Waals surface area (Å²) in [6, 6.07) is 15.3. The van der Waals surface area contributed by atoms with Gasteiger partial charge in [-0.05, 0) is 77.4 Å². The standard InChI is InChI=1S/C32H41N3O7S2/c1-6-34(7-2)23-12-15-26-29(20-23)42-30-21-24(35(8-3)9-4)13-16-27(30)32(26)28-17-14-25(22-31(28)44(38,39)40)43(36,37)33-18-11-19-41-10-5/h12-17,20-22,33H,6-11,18-19H2,1-5H3/p+1. The van der Waals surface area contributed by atoms with Crippen LogP contribution in [0.3, 0.4) is 0 Å². The van der Waals surface area contributed by atoms with Crippen molar-refractivity contribution >= 4 is 53.5 Å². The van der Waals surface area contributed by atoms with Crippen LogP contribution in [0.1, 0.15) is 41.0 Å². The van der Waals surface area contributed by atoms with Crippen molar-refractivity contribution in [3.63, 3.8) is 0 Å². The maximum Gasteiger partial charge on any atom is 0.363 e. The van der Waals surface area contributed by atoms with Crippen molar-refractivity contribution < 1.29 is 30.5 Å². The molecule has 10 nitrogen and oxygen atoms in total. The van der Waals surface area contributed by atoms with E-state index < -0.39 is 25.0 Å². The predicted octanol–water partition coefficient (Wildman–Crippen LogP) is 6.18. The summed E-state index contributed by atoms with van der Waals surface area (Å²) in [6.07, 6.45) is 0.451. The Morgan fingerprint density at radius 3 is 1.80 bits per heavy atom. The van der Waals surface area contributed by atoms with Gasteiger partial charge in [0.2, 0.25) is 10.0 Å². The van der Waals surface area contributed by atoms with Crippen molar-refractivity contribution in [2.45, 2.75) is 50.8 Å². The summed E-state index contributed by atoms with van der Waals surface area (Å²) in [5.41, 5.74) is 3.64. The van der Waals surface area contributed by atoms with Crippen LogP contribution in [0.2, 0.25) is 0 Å². The van der Waals surface area contributed by atoms with E-state index in [1.165, 1.54) is 12.1 Å². The number of hydrogen-bond donors (Lipinski definition) is 2. The first-order valence-electron chi connectivity index (χ1n) is 15.0. The summed E-state index contributed by atoms with van der Waals surface area (Å²) in [5, 5.41) is 1.25. The van der Waals surface area contributed by atoms with E-state index in [1.54, 1.807) is 0 Å². The number of hydrogen-bond acceptors (Lipinski definition) is 7. The molecule has 0 bridgehead atoms. The molecule has 44 heavy (non-hydrogen) atoms. The molecule has 0 amide bonds. The Hall–Kier alpha value is -3.29. The minimum absolute atomic E-state index is 0.116. The summed E-state index contributed by atoms with van der Waals surface area (Å²) in [4.78, 5) is 3.57. The predicted molar refractivity (Wildman–Crippen MR) is 177 cm³/mol. The highest BCUT2D eigenvalue weighted by molar-refractivity contribution is 7.89. The zero-order valence-electron chi connectivity index (χ0n) is 26.0. The number of fused-ring (bicyclic) bond motifs is 2. The van der Waals surface area contributed by atoms with E-state index in [2.05, 4.69) is 42.2 Å². The van der Waals surface area contributed by atoms with Gasteiger partial charge in [0.05, 0.1) is 27.8 Å². The molecule has 4 aromatic rings. The SMILES string of the molecule is CCOCCCNS(=O)(=O)c1ccc(-c2c3ccc(N(CC)CC)cc3[o+]c3cc(N(CC)CC)ccc23)c(S(=O)(=O)O)c1. The van der Waals surface area contributed by atoms with Gasteiger partial charge in [-0.3, -0.25) is 4.55 Å². The highest BCUT2D eigenvalue weighted by Crippen LogP contribution is 2.42. The lowest BCUT2D eigenvalue weighted by atomic mass is 9.96. The molecule has 0 unspecified atom stereocenters. The maximum absolute atomic E-state index is 13.1. The van der Waals surface area contributed by atoms with Crippen LogP contribution < -0.4 is 14.5 Å². The largest absolute Gasteiger partial charge is 0.382 e. The first-order chi connectivity index (χ1) is 21.0. The minimum Gasteiger partial charge on any atom is -0.382 e. The Morgan fingerprint density at radius 2 is 1.32 bits per heavy atom. The molecular formula is C32H42N3O7S2+. The van der Waals surface area contributed by atoms with Gasteiger partial charge in [0.15, 0.2) is 0 Å². The van der Waals surface area contributed by atoms with Crippen LogP contribution in [0.5, 0.6) is 0 Å². The first kappa shape index (κ1) is 33.6. The van der Waals surface area contributed by atoms with E-state index in [9.17, 15) is 21.4 Å². The molecule has 0 aliphatic heterocycles. The van der Waals surface area contributed by atoms with Gasteiger partial charge in [-0.1, -0.05) is 6.07 Å². The summed E-state index contributed by atoms with van der Waals surface area (Å²) < 4.78 is 76.4. The lowest BCUT2D eigenvalue weighted by molar-refractivity contribution is 0.146. The summed E-state index contributed by atoms with van der Waals surface area (Å²) in [7, 11) is -8.92. The fourth-order valence-corrected chi connectivity index (χ4v) is 7.33. The summed E-state index contributed by atoms with van der Waals surface area (Å²) in [6.45, 7) is 14.3. The molecule has 0 radical (unpaired) electrons. The molecule has 3 aromatic carbocycles. The third-order valence-corrected chi connectivity index (χ3v) is 10.1. The molecule has 0 aliphatic rings. The zero-order valence-corrected chi connectivity index (χ0v) is 27.6. The lowest BCUT2D eigenvalue weighted by Gasteiger charge is -2.21. The average molecular weight is 645 g/mol. The topological polar surface area (TPSA) is 128 Å². The fourth-order valence-electron chi connectivity index (χ4n) is 5.43. The zero-order chi connectivity index (χ0) is 32.1. The van der Waals surface area contributed by atoms with Gasteiger partial charge in [-0.2, -0.15) is 8.42 Å². The van der Waals surface area contributed by atoms with Crippen molar-refractivity contribution in [2.24, 2.45) is 0 Å². The molecule has 238 valence electrons. The van der Waals surface area contributed by atoms with Crippen LogP contribution in [0.4, 0.5) is 11.4 Å². The van der Waals surface area contributed by atoms with Crippen LogP contribution >= 0.6 is 0 Å². The van der Waals surface area contributed by atoms with E-state index in [4.69, 9.17) is 9.15 Å². The molecule has 0 atom stereocenters. The quantitative estimate of drug-likeness (QED) is 0.0675. The molecule has 1 aromatic heterocycles. The van der Waals surface area contributed by atoms with E-state index in [0.717, 1.165) is 43.6 Å². The molecule has 2 N–H and O–H groups in total. The van der Waals surface area contributed by atoms with Gasteiger partial charge < -0.3 is 14.5 Å². The van der Waals surface area contributed by atoms with E-state index in [1.807, 2.05) is 43.3 Å². The Kier molecular flexibility index (Phi) is 10.9. The number of nitrogens with zero attached hydrogens (tertiary/aromatic N) is 2. The van der Waals surface area contributed by atoms with Crippen molar-refractivity contribution in [1.82, 2.24) is 4.72 Å². The number of nitrogens with one attached hydrogen (secondary N) is 1. The Labute approximate surface area is 260 Å². The number of anilines is 2. The van der Waals surface area contributed by atoms with Crippen molar-refractivity contribution in [3.8, 4) is 11.1 Å². The second-order valence-electron chi connectivity index (χ2n) is 10.3. The summed E-state index contributed by atoms with van der Waals surface area (Å²) >= 11 is 0. The Morgan fingerprint density at radius 1 is 0.773 bits per heavy atom. The molecule has 4 rings (SSSR count). The molecule has 12 heteroatoms. The van der Waals surface area contributed by atoms with E-state index in [0.29, 0.717) is 47.1 Å². The van der Waals surface area contributed by atoms with Crippen LogP contribution in [-0.4, -0.2) is 67.3 Å². The van der Waals surface area contributed by atoms with Gasteiger partial charge >= 0.3 is 11.2 Å². The average Bonchev–Trinajstić information content (AvgIpc) is 3.00. The second kappa shape index (κ2) is 14.2. The maximum atomic E-state index is 13.1. The number of rotatable bonds is 15. The third-order valence-electron chi connectivity index (χ3n) is 7.72. The smallest absolute Gasteiger partial charge is 0.363 e. The normalized spacial score (nSPS) is 12.2. The highest BCUT2D eigenvalue weighted by atomic mass is 32.2. The van der Waals surface area contributed by atoms with Crippen LogP contribution in [0, 0.1) is 0 Å². The van der Waals surface area contributed by atoms with Crippen LogP contribution in [0.15, 0.2) is 68.8 Å². The van der Waals surface area contributed by atoms with Gasteiger partial charge in [0.1, 0.15) is 4.90 Å². The molecule has 0 saturated carbocycles. The van der Waals surface area contributed by atoms with Gasteiger partial charge in [0.25, 0.3) is 10.1 Å². The van der Waals surface area contributed by atoms with Gasteiger partial charge in [-0.15, -0.1) is 0 Å². The lowest BCUT2D eigenvalue weighted by Crippen LogP contribution is -2.26. The number of sulfonamides is 1. The molecule has 0 saturated heterocycles. The monoisotopic (exact) mass is 644 g/mol. The Bertz CT molecular complexity index is 1770.